The molecule has 0 fully saturated rings. The number of nitrogen functional groups attached to an aromatic ring is 1. The van der Waals surface area contributed by atoms with Gasteiger partial charge in [0.2, 0.25) is 0 Å². The minimum atomic E-state index is -0.277. The van der Waals surface area contributed by atoms with Crippen molar-refractivity contribution in [2.75, 3.05) is 12.8 Å². The normalized spacial score (nSPS) is 11.0. The second-order valence-corrected chi connectivity index (χ2v) is 4.49. The molecule has 1 amide bonds. The SMILES string of the molecule is COc1ccc(C(=O)N/N=C(/C)c2cccc(N)c2)cc1. The number of ether oxygens (including phenoxy) is 1. The number of methoxy groups -OCH3 is 1. The predicted octanol–water partition coefficient (Wildman–Crippen LogP) is 2.43. The molecule has 21 heavy (non-hydrogen) atoms. The standard InChI is InChI=1S/C16H17N3O2/c1-11(13-4-3-5-14(17)10-13)18-19-16(20)12-6-8-15(21-2)9-7-12/h3-10H,17H2,1-2H3,(H,19,20)/b18-11-. The maximum atomic E-state index is 12.0. The van der Waals surface area contributed by atoms with Crippen LogP contribution in [0, 0.1) is 0 Å². The summed E-state index contributed by atoms with van der Waals surface area (Å²) < 4.78 is 5.05. The zero-order chi connectivity index (χ0) is 15.2. The Bertz CT molecular complexity index is 663. The number of rotatable bonds is 4. The van der Waals surface area contributed by atoms with Gasteiger partial charge in [-0.15, -0.1) is 0 Å². The third-order valence-corrected chi connectivity index (χ3v) is 2.98. The van der Waals surface area contributed by atoms with Gasteiger partial charge in [-0.05, 0) is 48.9 Å². The first kappa shape index (κ1) is 14.6. The minimum Gasteiger partial charge on any atom is -0.497 e. The number of amides is 1. The van der Waals surface area contributed by atoms with Crippen molar-refractivity contribution in [2.45, 2.75) is 6.92 Å². The zero-order valence-electron chi connectivity index (χ0n) is 12.0. The number of nitrogens with two attached hydrogens (primary N) is 1. The number of carbonyl (C=O) groups is 1. The molecule has 0 spiro atoms. The van der Waals surface area contributed by atoms with Gasteiger partial charge in [-0.1, -0.05) is 12.1 Å². The van der Waals surface area contributed by atoms with Gasteiger partial charge in [-0.3, -0.25) is 4.79 Å². The van der Waals surface area contributed by atoms with E-state index in [2.05, 4.69) is 10.5 Å². The van der Waals surface area contributed by atoms with Crippen LogP contribution in [0.4, 0.5) is 5.69 Å². The van der Waals surface area contributed by atoms with Crippen molar-refractivity contribution < 1.29 is 9.53 Å². The van der Waals surface area contributed by atoms with Gasteiger partial charge in [-0.2, -0.15) is 5.10 Å². The molecule has 0 saturated heterocycles. The smallest absolute Gasteiger partial charge is 0.271 e. The number of nitrogens with one attached hydrogen (secondary N) is 1. The number of benzene rings is 2. The highest BCUT2D eigenvalue weighted by Gasteiger charge is 2.05. The van der Waals surface area contributed by atoms with Crippen LogP contribution in [-0.2, 0) is 0 Å². The van der Waals surface area contributed by atoms with Crippen molar-refractivity contribution in [2.24, 2.45) is 5.10 Å². The van der Waals surface area contributed by atoms with Crippen molar-refractivity contribution in [1.82, 2.24) is 5.43 Å². The Kier molecular flexibility index (Phi) is 4.56. The zero-order valence-corrected chi connectivity index (χ0v) is 12.0. The van der Waals surface area contributed by atoms with E-state index in [0.717, 1.165) is 5.56 Å². The Morgan fingerprint density at radius 1 is 1.14 bits per heavy atom. The first-order valence-electron chi connectivity index (χ1n) is 6.45. The van der Waals surface area contributed by atoms with Crippen molar-refractivity contribution in [3.63, 3.8) is 0 Å². The monoisotopic (exact) mass is 283 g/mol. The molecule has 108 valence electrons. The molecule has 0 radical (unpaired) electrons. The average Bonchev–Trinajstić information content (AvgIpc) is 2.52. The Labute approximate surface area is 123 Å². The molecule has 0 aliphatic carbocycles. The summed E-state index contributed by atoms with van der Waals surface area (Å²) in [6, 6.07) is 14.1. The quantitative estimate of drug-likeness (QED) is 0.514. The second-order valence-electron chi connectivity index (χ2n) is 4.49. The van der Waals surface area contributed by atoms with E-state index < -0.39 is 0 Å². The number of hydrogen-bond acceptors (Lipinski definition) is 4. The van der Waals surface area contributed by atoms with Crippen LogP contribution in [0.1, 0.15) is 22.8 Å². The van der Waals surface area contributed by atoms with Crippen molar-refractivity contribution in [1.29, 1.82) is 0 Å². The second kappa shape index (κ2) is 6.56. The van der Waals surface area contributed by atoms with Gasteiger partial charge in [0.1, 0.15) is 5.75 Å². The lowest BCUT2D eigenvalue weighted by Crippen LogP contribution is -2.19. The molecule has 0 bridgehead atoms. The molecule has 0 saturated carbocycles. The van der Waals surface area contributed by atoms with Crippen LogP contribution in [-0.4, -0.2) is 18.7 Å². The molecule has 0 atom stereocenters. The third kappa shape index (κ3) is 3.82. The van der Waals surface area contributed by atoms with Gasteiger partial charge in [0, 0.05) is 11.3 Å². The van der Waals surface area contributed by atoms with Crippen molar-refractivity contribution >= 4 is 17.3 Å². The fourth-order valence-corrected chi connectivity index (χ4v) is 1.77. The van der Waals surface area contributed by atoms with E-state index in [4.69, 9.17) is 10.5 Å². The highest BCUT2D eigenvalue weighted by Crippen LogP contribution is 2.11. The lowest BCUT2D eigenvalue weighted by Gasteiger charge is -2.04. The Morgan fingerprint density at radius 2 is 1.86 bits per heavy atom. The van der Waals surface area contributed by atoms with Gasteiger partial charge < -0.3 is 10.5 Å². The number of hydrazone groups is 1. The summed E-state index contributed by atoms with van der Waals surface area (Å²) in [5.41, 5.74) is 11.0. The van der Waals surface area contributed by atoms with Gasteiger partial charge in [-0.25, -0.2) is 5.43 Å². The minimum absolute atomic E-state index is 0.277. The van der Waals surface area contributed by atoms with Crippen LogP contribution in [0.15, 0.2) is 53.6 Å². The lowest BCUT2D eigenvalue weighted by atomic mass is 10.1. The molecule has 0 unspecified atom stereocenters. The van der Waals surface area contributed by atoms with E-state index >= 15 is 0 Å². The summed E-state index contributed by atoms with van der Waals surface area (Å²) >= 11 is 0. The number of carbonyl (C=O) groups excluding carboxylic acids is 1. The number of anilines is 1. The van der Waals surface area contributed by atoms with Gasteiger partial charge in [0.15, 0.2) is 0 Å². The van der Waals surface area contributed by atoms with Crippen LogP contribution >= 0.6 is 0 Å². The Morgan fingerprint density at radius 3 is 2.48 bits per heavy atom. The van der Waals surface area contributed by atoms with Gasteiger partial charge in [0.05, 0.1) is 12.8 Å². The summed E-state index contributed by atoms with van der Waals surface area (Å²) in [5.74, 6) is 0.423. The van der Waals surface area contributed by atoms with E-state index in [9.17, 15) is 4.79 Å². The Hall–Kier alpha value is -2.82. The topological polar surface area (TPSA) is 76.7 Å². The van der Waals surface area contributed by atoms with Crippen LogP contribution < -0.4 is 15.9 Å². The fourth-order valence-electron chi connectivity index (χ4n) is 1.77. The summed E-state index contributed by atoms with van der Waals surface area (Å²) in [6.07, 6.45) is 0. The molecule has 0 heterocycles. The summed E-state index contributed by atoms with van der Waals surface area (Å²) in [6.45, 7) is 1.81. The maximum absolute atomic E-state index is 12.0. The molecule has 2 aromatic rings. The van der Waals surface area contributed by atoms with E-state index in [-0.39, 0.29) is 5.91 Å². The molecule has 5 heteroatoms. The summed E-state index contributed by atoms with van der Waals surface area (Å²) in [5, 5.41) is 4.08. The van der Waals surface area contributed by atoms with E-state index in [1.165, 1.54) is 0 Å². The Balaban J connectivity index is 2.06. The van der Waals surface area contributed by atoms with Crippen molar-refractivity contribution in [3.05, 3.63) is 59.7 Å². The molecular formula is C16H17N3O2. The highest BCUT2D eigenvalue weighted by atomic mass is 16.5. The van der Waals surface area contributed by atoms with Crippen LogP contribution in [0.2, 0.25) is 0 Å². The molecule has 5 nitrogen and oxygen atoms in total. The molecule has 2 rings (SSSR count). The number of nitrogens with zero attached hydrogens (tertiary/aromatic N) is 1. The van der Waals surface area contributed by atoms with Crippen molar-refractivity contribution in [3.8, 4) is 5.75 Å². The predicted molar refractivity (Wildman–Crippen MR) is 83.5 cm³/mol. The lowest BCUT2D eigenvalue weighted by molar-refractivity contribution is 0.0955. The molecule has 0 aromatic heterocycles. The van der Waals surface area contributed by atoms with E-state index in [0.29, 0.717) is 22.7 Å². The van der Waals surface area contributed by atoms with E-state index in [1.807, 2.05) is 19.1 Å². The van der Waals surface area contributed by atoms with Gasteiger partial charge in [0.25, 0.3) is 5.91 Å². The van der Waals surface area contributed by atoms with E-state index in [1.54, 1.807) is 43.5 Å². The largest absolute Gasteiger partial charge is 0.497 e. The molecule has 2 aromatic carbocycles. The third-order valence-electron chi connectivity index (χ3n) is 2.98. The van der Waals surface area contributed by atoms with Crippen LogP contribution in [0.5, 0.6) is 5.75 Å². The molecular weight excluding hydrogens is 266 g/mol. The highest BCUT2D eigenvalue weighted by molar-refractivity contribution is 6.01. The molecule has 3 N–H and O–H groups in total. The maximum Gasteiger partial charge on any atom is 0.271 e. The van der Waals surface area contributed by atoms with Crippen LogP contribution in [0.25, 0.3) is 0 Å². The van der Waals surface area contributed by atoms with Gasteiger partial charge >= 0.3 is 0 Å². The first-order chi connectivity index (χ1) is 10.1. The van der Waals surface area contributed by atoms with Crippen LogP contribution in [0.3, 0.4) is 0 Å². The fraction of sp³-hybridized carbons (Fsp3) is 0.125. The number of hydrogen-bond donors (Lipinski definition) is 2. The molecule has 0 aliphatic rings. The average molecular weight is 283 g/mol. The first-order valence-corrected chi connectivity index (χ1v) is 6.45. The summed E-state index contributed by atoms with van der Waals surface area (Å²) in [7, 11) is 1.58. The summed E-state index contributed by atoms with van der Waals surface area (Å²) in [4.78, 5) is 12.0. The molecule has 0 aliphatic heterocycles.